The van der Waals surface area contributed by atoms with Crippen molar-refractivity contribution in [3.8, 4) is 0 Å². The lowest BCUT2D eigenvalue weighted by Gasteiger charge is -2.16. The van der Waals surface area contributed by atoms with Crippen molar-refractivity contribution in [1.29, 1.82) is 0 Å². The fourth-order valence-electron chi connectivity index (χ4n) is 3.10. The molecular formula is C15H20O2. The monoisotopic (exact) mass is 232 g/mol. The van der Waals surface area contributed by atoms with Crippen molar-refractivity contribution in [2.24, 2.45) is 11.8 Å². The van der Waals surface area contributed by atoms with Crippen molar-refractivity contribution < 1.29 is 9.90 Å². The van der Waals surface area contributed by atoms with Crippen molar-refractivity contribution in [3.63, 3.8) is 0 Å². The second kappa shape index (κ2) is 4.91. The predicted molar refractivity (Wildman–Crippen MR) is 68.1 cm³/mol. The number of benzene rings is 1. The van der Waals surface area contributed by atoms with E-state index in [9.17, 15) is 9.90 Å². The molecule has 2 atom stereocenters. The third-order valence-electron chi connectivity index (χ3n) is 3.76. The molecule has 0 heterocycles. The maximum atomic E-state index is 11.1. The Balaban J connectivity index is 2.12. The van der Waals surface area contributed by atoms with Crippen LogP contribution < -0.4 is 0 Å². The maximum absolute atomic E-state index is 11.1. The van der Waals surface area contributed by atoms with Crippen LogP contribution in [-0.4, -0.2) is 11.1 Å². The first-order valence-corrected chi connectivity index (χ1v) is 6.36. The van der Waals surface area contributed by atoms with Gasteiger partial charge in [-0.1, -0.05) is 35.7 Å². The minimum absolute atomic E-state index is 0.129. The molecule has 2 unspecified atom stereocenters. The van der Waals surface area contributed by atoms with Gasteiger partial charge in [0.15, 0.2) is 0 Å². The van der Waals surface area contributed by atoms with Crippen LogP contribution in [0.1, 0.15) is 36.0 Å². The van der Waals surface area contributed by atoms with E-state index >= 15 is 0 Å². The summed E-state index contributed by atoms with van der Waals surface area (Å²) in [6, 6.07) is 6.53. The number of carboxylic acid groups (broad SMARTS) is 1. The first-order chi connectivity index (χ1) is 8.06. The smallest absolute Gasteiger partial charge is 0.306 e. The van der Waals surface area contributed by atoms with Crippen molar-refractivity contribution in [2.45, 2.75) is 39.5 Å². The molecule has 0 radical (unpaired) electrons. The molecule has 0 saturated heterocycles. The molecule has 92 valence electrons. The van der Waals surface area contributed by atoms with E-state index in [1.165, 1.54) is 16.7 Å². The summed E-state index contributed by atoms with van der Waals surface area (Å²) in [5.41, 5.74) is 3.83. The third kappa shape index (κ3) is 2.87. The van der Waals surface area contributed by atoms with E-state index in [0.29, 0.717) is 5.92 Å². The standard InChI is InChI=1S/C15H20O2/c1-10-6-11(2)8-12(7-10)9-13-4-3-5-14(13)15(16)17/h6-8,13-14H,3-5,9H2,1-2H3,(H,16,17). The van der Waals surface area contributed by atoms with Crippen molar-refractivity contribution in [3.05, 3.63) is 34.9 Å². The Morgan fingerprint density at radius 2 is 1.88 bits per heavy atom. The van der Waals surface area contributed by atoms with Crippen LogP contribution >= 0.6 is 0 Å². The van der Waals surface area contributed by atoms with Crippen LogP contribution in [0, 0.1) is 25.7 Å². The minimum Gasteiger partial charge on any atom is -0.481 e. The lowest BCUT2D eigenvalue weighted by Crippen LogP contribution is -2.20. The van der Waals surface area contributed by atoms with Gasteiger partial charge in [-0.05, 0) is 44.6 Å². The van der Waals surface area contributed by atoms with Crippen LogP contribution in [0.5, 0.6) is 0 Å². The number of hydrogen-bond donors (Lipinski definition) is 1. The summed E-state index contributed by atoms with van der Waals surface area (Å²) in [4.78, 5) is 11.1. The second-order valence-corrected chi connectivity index (χ2v) is 5.34. The zero-order valence-corrected chi connectivity index (χ0v) is 10.6. The van der Waals surface area contributed by atoms with Gasteiger partial charge in [0.2, 0.25) is 0 Å². The highest BCUT2D eigenvalue weighted by atomic mass is 16.4. The van der Waals surface area contributed by atoms with Gasteiger partial charge in [-0.3, -0.25) is 4.79 Å². The van der Waals surface area contributed by atoms with Gasteiger partial charge in [-0.2, -0.15) is 0 Å². The van der Waals surface area contributed by atoms with Crippen LogP contribution in [0.2, 0.25) is 0 Å². The Labute approximate surface area is 103 Å². The van der Waals surface area contributed by atoms with Crippen LogP contribution in [-0.2, 0) is 11.2 Å². The van der Waals surface area contributed by atoms with Crippen molar-refractivity contribution in [2.75, 3.05) is 0 Å². The van der Waals surface area contributed by atoms with Crippen LogP contribution in [0.15, 0.2) is 18.2 Å². The molecule has 2 rings (SSSR count). The van der Waals surface area contributed by atoms with E-state index in [2.05, 4.69) is 32.0 Å². The number of carbonyl (C=O) groups is 1. The SMILES string of the molecule is Cc1cc(C)cc(CC2CCCC2C(=O)O)c1. The Morgan fingerprint density at radius 3 is 2.47 bits per heavy atom. The molecule has 1 N–H and O–H groups in total. The zero-order valence-electron chi connectivity index (χ0n) is 10.6. The first-order valence-electron chi connectivity index (χ1n) is 6.36. The summed E-state index contributed by atoms with van der Waals surface area (Å²) in [5, 5.41) is 9.17. The van der Waals surface area contributed by atoms with Gasteiger partial charge in [0.05, 0.1) is 5.92 Å². The second-order valence-electron chi connectivity index (χ2n) is 5.34. The Kier molecular flexibility index (Phi) is 3.51. The third-order valence-corrected chi connectivity index (χ3v) is 3.76. The minimum atomic E-state index is -0.614. The average Bonchev–Trinajstić information content (AvgIpc) is 2.63. The molecule has 1 aromatic carbocycles. The highest BCUT2D eigenvalue weighted by Crippen LogP contribution is 2.34. The molecule has 0 aromatic heterocycles. The Morgan fingerprint density at radius 1 is 1.24 bits per heavy atom. The number of aliphatic carboxylic acids is 1. The largest absolute Gasteiger partial charge is 0.481 e. The van der Waals surface area contributed by atoms with Crippen molar-refractivity contribution >= 4 is 5.97 Å². The summed E-state index contributed by atoms with van der Waals surface area (Å²) in [6.07, 6.45) is 3.89. The van der Waals surface area contributed by atoms with E-state index < -0.39 is 5.97 Å². The van der Waals surface area contributed by atoms with Gasteiger partial charge < -0.3 is 5.11 Å². The fraction of sp³-hybridized carbons (Fsp3) is 0.533. The maximum Gasteiger partial charge on any atom is 0.306 e. The van der Waals surface area contributed by atoms with E-state index in [-0.39, 0.29) is 5.92 Å². The van der Waals surface area contributed by atoms with Gasteiger partial charge in [0.25, 0.3) is 0 Å². The number of rotatable bonds is 3. The molecule has 0 spiro atoms. The quantitative estimate of drug-likeness (QED) is 0.867. The van der Waals surface area contributed by atoms with Crippen molar-refractivity contribution in [1.82, 2.24) is 0 Å². The summed E-state index contributed by atoms with van der Waals surface area (Å²) < 4.78 is 0. The summed E-state index contributed by atoms with van der Waals surface area (Å²) in [7, 11) is 0. The molecule has 0 bridgehead atoms. The van der Waals surface area contributed by atoms with Gasteiger partial charge in [0, 0.05) is 0 Å². The molecule has 2 nitrogen and oxygen atoms in total. The lowest BCUT2D eigenvalue weighted by molar-refractivity contribution is -0.142. The van der Waals surface area contributed by atoms with Crippen LogP contribution in [0.4, 0.5) is 0 Å². The van der Waals surface area contributed by atoms with Gasteiger partial charge in [0.1, 0.15) is 0 Å². The predicted octanol–water partition coefficient (Wildman–Crippen LogP) is 3.35. The zero-order chi connectivity index (χ0) is 12.4. The molecule has 17 heavy (non-hydrogen) atoms. The molecule has 1 fully saturated rings. The Bertz CT molecular complexity index is 403. The topological polar surface area (TPSA) is 37.3 Å². The van der Waals surface area contributed by atoms with E-state index in [1.54, 1.807) is 0 Å². The van der Waals surface area contributed by atoms with E-state index in [1.807, 2.05) is 0 Å². The summed E-state index contributed by atoms with van der Waals surface area (Å²) in [6.45, 7) is 4.19. The normalized spacial score (nSPS) is 23.9. The molecule has 0 amide bonds. The average molecular weight is 232 g/mol. The highest BCUT2D eigenvalue weighted by Gasteiger charge is 2.32. The van der Waals surface area contributed by atoms with Gasteiger partial charge in [-0.15, -0.1) is 0 Å². The van der Waals surface area contributed by atoms with E-state index in [0.717, 1.165) is 25.7 Å². The lowest BCUT2D eigenvalue weighted by atomic mass is 9.89. The fourth-order valence-corrected chi connectivity index (χ4v) is 3.10. The molecule has 1 aromatic rings. The van der Waals surface area contributed by atoms with Gasteiger partial charge in [-0.25, -0.2) is 0 Å². The number of aryl methyl sites for hydroxylation is 2. The molecule has 1 saturated carbocycles. The number of carboxylic acids is 1. The molecule has 1 aliphatic rings. The first kappa shape index (κ1) is 12.2. The summed E-state index contributed by atoms with van der Waals surface area (Å²) in [5.74, 6) is -0.415. The highest BCUT2D eigenvalue weighted by molar-refractivity contribution is 5.70. The van der Waals surface area contributed by atoms with E-state index in [4.69, 9.17) is 0 Å². The van der Waals surface area contributed by atoms with Crippen LogP contribution in [0.25, 0.3) is 0 Å². The Hall–Kier alpha value is -1.31. The number of hydrogen-bond acceptors (Lipinski definition) is 1. The van der Waals surface area contributed by atoms with Gasteiger partial charge >= 0.3 is 5.97 Å². The molecule has 2 heteroatoms. The molecule has 1 aliphatic carbocycles. The summed E-state index contributed by atoms with van der Waals surface area (Å²) >= 11 is 0. The molecular weight excluding hydrogens is 212 g/mol. The van der Waals surface area contributed by atoms with Crippen LogP contribution in [0.3, 0.4) is 0 Å². The molecule has 0 aliphatic heterocycles.